The second-order valence-electron chi connectivity index (χ2n) is 11.9. The lowest BCUT2D eigenvalue weighted by atomic mass is 9.94. The number of aromatic nitrogens is 1. The van der Waals surface area contributed by atoms with Gasteiger partial charge >= 0.3 is 12.2 Å². The first-order valence-electron chi connectivity index (χ1n) is 15.5. The lowest BCUT2D eigenvalue weighted by Crippen LogP contribution is -2.42. The molecule has 1 fully saturated rings. The van der Waals surface area contributed by atoms with Crippen molar-refractivity contribution >= 4 is 39.9 Å². The van der Waals surface area contributed by atoms with Crippen LogP contribution in [0.15, 0.2) is 60.8 Å². The van der Waals surface area contributed by atoms with Crippen LogP contribution in [0, 0.1) is 0 Å². The van der Waals surface area contributed by atoms with Crippen molar-refractivity contribution in [3.8, 4) is 28.7 Å². The highest BCUT2D eigenvalue weighted by Gasteiger charge is 2.33. The number of aliphatic hydroxyl groups is 1. The number of piperidine rings is 1. The van der Waals surface area contributed by atoms with Crippen molar-refractivity contribution in [2.24, 2.45) is 0 Å². The number of hydrogen-bond acceptors (Lipinski definition) is 8. The lowest BCUT2D eigenvalue weighted by molar-refractivity contribution is -0.137. The quantitative estimate of drug-likeness (QED) is 0.153. The Bertz CT molecular complexity index is 1780. The normalized spacial score (nSPS) is 16.0. The van der Waals surface area contributed by atoms with Gasteiger partial charge in [0.15, 0.2) is 11.5 Å². The van der Waals surface area contributed by atoms with Crippen molar-refractivity contribution in [2.75, 3.05) is 50.1 Å². The van der Waals surface area contributed by atoms with Gasteiger partial charge in [-0.2, -0.15) is 13.2 Å². The molecule has 0 aliphatic carbocycles. The maximum atomic E-state index is 13.2. The van der Waals surface area contributed by atoms with Crippen molar-refractivity contribution in [3.05, 3.63) is 71.4 Å². The average Bonchev–Trinajstić information content (AvgIpc) is 3.05. The minimum Gasteiger partial charge on any atom is -0.489 e. The predicted molar refractivity (Wildman–Crippen MR) is 175 cm³/mol. The van der Waals surface area contributed by atoms with Crippen molar-refractivity contribution in [3.63, 3.8) is 0 Å². The summed E-state index contributed by atoms with van der Waals surface area (Å²) in [6.45, 7) is 5.64. The maximum absolute atomic E-state index is 13.2. The van der Waals surface area contributed by atoms with E-state index in [1.54, 1.807) is 42.6 Å². The van der Waals surface area contributed by atoms with Crippen molar-refractivity contribution < 1.29 is 42.0 Å². The number of pyridine rings is 1. The summed E-state index contributed by atoms with van der Waals surface area (Å²) in [4.78, 5) is 19.3. The summed E-state index contributed by atoms with van der Waals surface area (Å²) in [6, 6.07) is 12.3. The predicted octanol–water partition coefficient (Wildman–Crippen LogP) is 7.73. The van der Waals surface area contributed by atoms with Gasteiger partial charge in [-0.1, -0.05) is 11.6 Å². The van der Waals surface area contributed by atoms with Gasteiger partial charge in [-0.15, -0.1) is 0 Å². The van der Waals surface area contributed by atoms with Crippen LogP contribution >= 0.6 is 11.6 Å². The molecule has 14 heteroatoms. The number of hydrogen-bond donors (Lipinski definition) is 3. The van der Waals surface area contributed by atoms with Crippen molar-refractivity contribution in [1.82, 2.24) is 9.88 Å². The summed E-state index contributed by atoms with van der Waals surface area (Å²) >= 11 is 5.66. The number of rotatable bonds is 9. The van der Waals surface area contributed by atoms with Gasteiger partial charge in [0.1, 0.15) is 24.7 Å². The number of ether oxygens (including phenoxy) is 4. The molecular weight excluding hydrogens is 653 g/mol. The molecule has 6 rings (SSSR count). The molecule has 1 saturated heterocycles. The second kappa shape index (κ2) is 14.0. The molecule has 4 aromatic rings. The number of nitrogens with one attached hydrogen (secondary N) is 2. The van der Waals surface area contributed by atoms with E-state index in [4.69, 9.17) is 30.5 Å². The van der Waals surface area contributed by atoms with Crippen LogP contribution in [-0.2, 0) is 6.18 Å². The van der Waals surface area contributed by atoms with Crippen molar-refractivity contribution in [2.45, 2.75) is 38.0 Å². The third-order valence-electron chi connectivity index (χ3n) is 8.12. The first kappa shape index (κ1) is 33.4. The Morgan fingerprint density at radius 2 is 1.69 bits per heavy atom. The SMILES string of the molecule is CC1(O)CCN(CCCOc2cc3nccc(Oc4ccc(NC(=O)Nc5ccc(Cl)c(C(F)(F)F)c5)cc4)c3c3c2OCCO3)CC1. The number of nitrogens with zero attached hydrogens (tertiary/aromatic N) is 2. The monoisotopic (exact) mass is 686 g/mol. The summed E-state index contributed by atoms with van der Waals surface area (Å²) in [6.07, 6.45) is -0.722. The molecule has 10 nitrogen and oxygen atoms in total. The molecule has 0 spiro atoms. The fourth-order valence-electron chi connectivity index (χ4n) is 5.54. The lowest BCUT2D eigenvalue weighted by Gasteiger charge is -2.35. The molecule has 3 heterocycles. The largest absolute Gasteiger partial charge is 0.489 e. The Morgan fingerprint density at radius 3 is 2.42 bits per heavy atom. The smallest absolute Gasteiger partial charge is 0.417 e. The van der Waals surface area contributed by atoms with Gasteiger partial charge in [-0.3, -0.25) is 4.98 Å². The average molecular weight is 687 g/mol. The molecule has 2 aliphatic rings. The Morgan fingerprint density at radius 1 is 1.00 bits per heavy atom. The molecule has 1 aromatic heterocycles. The van der Waals surface area contributed by atoms with E-state index in [0.29, 0.717) is 65.2 Å². The van der Waals surface area contributed by atoms with Crippen LogP contribution in [0.25, 0.3) is 10.9 Å². The summed E-state index contributed by atoms with van der Waals surface area (Å²) in [5, 5.41) is 15.3. The molecule has 2 aliphatic heterocycles. The van der Waals surface area contributed by atoms with E-state index in [1.165, 1.54) is 6.07 Å². The van der Waals surface area contributed by atoms with Crippen LogP contribution in [0.1, 0.15) is 31.7 Å². The van der Waals surface area contributed by atoms with Crippen LogP contribution in [0.4, 0.5) is 29.3 Å². The number of benzene rings is 3. The van der Waals surface area contributed by atoms with E-state index in [1.807, 2.05) is 6.92 Å². The van der Waals surface area contributed by atoms with E-state index in [-0.39, 0.29) is 5.69 Å². The Balaban J connectivity index is 1.11. The zero-order valence-electron chi connectivity index (χ0n) is 26.0. The Hall–Kier alpha value is -4.46. The van der Waals surface area contributed by atoms with Crippen LogP contribution in [0.2, 0.25) is 5.02 Å². The maximum Gasteiger partial charge on any atom is 0.417 e. The van der Waals surface area contributed by atoms with E-state index in [0.717, 1.165) is 51.0 Å². The van der Waals surface area contributed by atoms with Crippen LogP contribution in [-0.4, -0.2) is 66.1 Å². The first-order valence-corrected chi connectivity index (χ1v) is 15.8. The van der Waals surface area contributed by atoms with E-state index >= 15 is 0 Å². The highest BCUT2D eigenvalue weighted by atomic mass is 35.5. The third-order valence-corrected chi connectivity index (χ3v) is 8.45. The Labute approximate surface area is 279 Å². The molecule has 0 atom stereocenters. The zero-order valence-corrected chi connectivity index (χ0v) is 26.8. The first-order chi connectivity index (χ1) is 22.9. The summed E-state index contributed by atoms with van der Waals surface area (Å²) in [5.41, 5.74) is -0.719. The van der Waals surface area contributed by atoms with Gasteiger partial charge in [-0.25, -0.2) is 4.79 Å². The number of alkyl halides is 3. The van der Waals surface area contributed by atoms with E-state index < -0.39 is 28.4 Å². The molecule has 48 heavy (non-hydrogen) atoms. The van der Waals surface area contributed by atoms with Gasteiger partial charge in [-0.05, 0) is 74.7 Å². The standard InChI is InChI=1S/C34H34ClF3N4O6/c1-33(44)10-14-42(15-11-33)13-2-16-45-28-20-26-29(31-30(28)46-17-18-47-31)27(9-12-39-26)48-23-6-3-21(4-7-23)40-32(43)41-22-5-8-25(35)24(19-22)34(36,37)38/h3-9,12,19-20,44H,2,10-11,13-18H2,1H3,(H2,40,41,43). The summed E-state index contributed by atoms with van der Waals surface area (Å²) < 4.78 is 63.9. The van der Waals surface area contributed by atoms with Crippen molar-refractivity contribution in [1.29, 1.82) is 0 Å². The van der Waals surface area contributed by atoms with Crippen LogP contribution < -0.4 is 29.6 Å². The number of urea groups is 1. The summed E-state index contributed by atoms with van der Waals surface area (Å²) in [5.74, 6) is 2.41. The molecular formula is C34H34ClF3N4O6. The van der Waals surface area contributed by atoms with Gasteiger partial charge < -0.3 is 39.6 Å². The molecule has 3 N–H and O–H groups in total. The van der Waals surface area contributed by atoms with Gasteiger partial charge in [0.25, 0.3) is 0 Å². The van der Waals surface area contributed by atoms with Gasteiger partial charge in [0, 0.05) is 43.3 Å². The molecule has 2 amide bonds. The number of amides is 2. The third kappa shape index (κ3) is 7.97. The Kier molecular flexibility index (Phi) is 9.72. The van der Waals surface area contributed by atoms with Gasteiger partial charge in [0.05, 0.1) is 33.7 Å². The highest BCUT2D eigenvalue weighted by Crippen LogP contribution is 2.48. The molecule has 0 saturated carbocycles. The molecule has 3 aromatic carbocycles. The molecule has 0 radical (unpaired) electrons. The molecule has 0 unspecified atom stereocenters. The minimum atomic E-state index is -4.66. The second-order valence-corrected chi connectivity index (χ2v) is 12.3. The number of halogens is 4. The fraction of sp³-hybridized carbons (Fsp3) is 0.353. The van der Waals surface area contributed by atoms with Crippen LogP contribution in [0.5, 0.6) is 28.7 Å². The van der Waals surface area contributed by atoms with E-state index in [2.05, 4.69) is 20.5 Å². The number of likely N-dealkylation sites (tertiary alicyclic amines) is 1. The molecule has 0 bridgehead atoms. The fourth-order valence-corrected chi connectivity index (χ4v) is 5.77. The van der Waals surface area contributed by atoms with Crippen LogP contribution in [0.3, 0.4) is 0 Å². The zero-order chi connectivity index (χ0) is 33.9. The number of carbonyl (C=O) groups is 1. The minimum absolute atomic E-state index is 0.0645. The van der Waals surface area contributed by atoms with Gasteiger partial charge in [0.2, 0.25) is 5.75 Å². The molecule has 254 valence electrons. The number of fused-ring (bicyclic) bond motifs is 3. The summed E-state index contributed by atoms with van der Waals surface area (Å²) in [7, 11) is 0. The highest BCUT2D eigenvalue weighted by molar-refractivity contribution is 6.31. The topological polar surface area (TPSA) is 114 Å². The number of anilines is 2. The number of carbonyl (C=O) groups excluding carboxylic acids is 1. The van der Waals surface area contributed by atoms with E-state index in [9.17, 15) is 23.1 Å².